The third-order valence-electron chi connectivity index (χ3n) is 5.31. The van der Waals surface area contributed by atoms with Gasteiger partial charge in [0.15, 0.2) is 0 Å². The predicted octanol–water partition coefficient (Wildman–Crippen LogP) is 4.02. The summed E-state index contributed by atoms with van der Waals surface area (Å²) in [6.07, 6.45) is 1.99. The van der Waals surface area contributed by atoms with Crippen LogP contribution in [0.5, 0.6) is 0 Å². The monoisotopic (exact) mass is 290 g/mol. The van der Waals surface area contributed by atoms with Gasteiger partial charge in [-0.15, -0.1) is 0 Å². The van der Waals surface area contributed by atoms with Crippen LogP contribution in [0.4, 0.5) is 11.6 Å². The first-order valence-electron chi connectivity index (χ1n) is 8.13. The van der Waals surface area contributed by atoms with Crippen LogP contribution < -0.4 is 10.6 Å². The van der Waals surface area contributed by atoms with Crippen molar-refractivity contribution >= 4 is 11.6 Å². The average Bonchev–Trinajstić information content (AvgIpc) is 2.77. The Kier molecular flexibility index (Phi) is 4.18. The van der Waals surface area contributed by atoms with E-state index in [1.54, 1.807) is 0 Å². The Hall–Kier alpha value is -1.32. The molecule has 0 atom stereocenters. The Morgan fingerprint density at radius 3 is 2.05 bits per heavy atom. The SMILES string of the molecule is CCCc1nc(NCC)c(C)c(NC2C(C)(C)C2(C)C)n1. The van der Waals surface area contributed by atoms with Gasteiger partial charge in [0.05, 0.1) is 0 Å². The van der Waals surface area contributed by atoms with Crippen LogP contribution >= 0.6 is 0 Å². The lowest BCUT2D eigenvalue weighted by Crippen LogP contribution is -2.16. The number of aromatic nitrogens is 2. The minimum atomic E-state index is 0.299. The smallest absolute Gasteiger partial charge is 0.135 e. The molecule has 0 saturated heterocycles. The molecule has 1 heterocycles. The third-order valence-corrected chi connectivity index (χ3v) is 5.31. The molecule has 118 valence electrons. The molecule has 1 aromatic rings. The zero-order valence-electron chi connectivity index (χ0n) is 14.6. The predicted molar refractivity (Wildman–Crippen MR) is 89.9 cm³/mol. The van der Waals surface area contributed by atoms with Crippen molar-refractivity contribution in [3.05, 3.63) is 11.4 Å². The third kappa shape index (κ3) is 2.72. The van der Waals surface area contributed by atoms with Crippen LogP contribution in [-0.4, -0.2) is 22.6 Å². The van der Waals surface area contributed by atoms with Crippen molar-refractivity contribution in [1.29, 1.82) is 0 Å². The molecule has 1 aliphatic carbocycles. The second kappa shape index (κ2) is 5.47. The van der Waals surface area contributed by atoms with Crippen LogP contribution in [0.2, 0.25) is 0 Å². The highest BCUT2D eigenvalue weighted by Crippen LogP contribution is 2.63. The molecule has 1 saturated carbocycles. The van der Waals surface area contributed by atoms with Crippen molar-refractivity contribution in [2.24, 2.45) is 10.8 Å². The van der Waals surface area contributed by atoms with Crippen molar-refractivity contribution in [3.63, 3.8) is 0 Å². The molecule has 0 amide bonds. The highest BCUT2D eigenvalue weighted by Gasteiger charge is 2.65. The maximum atomic E-state index is 4.75. The summed E-state index contributed by atoms with van der Waals surface area (Å²) >= 11 is 0. The van der Waals surface area contributed by atoms with Crippen LogP contribution in [0.1, 0.15) is 59.4 Å². The largest absolute Gasteiger partial charge is 0.370 e. The Morgan fingerprint density at radius 2 is 1.57 bits per heavy atom. The normalized spacial score (nSPS) is 19.4. The average molecular weight is 290 g/mol. The number of rotatable bonds is 6. The molecule has 4 nitrogen and oxygen atoms in total. The van der Waals surface area contributed by atoms with Gasteiger partial charge >= 0.3 is 0 Å². The molecule has 4 heteroatoms. The highest BCUT2D eigenvalue weighted by atomic mass is 15.1. The van der Waals surface area contributed by atoms with Gasteiger partial charge in [0.25, 0.3) is 0 Å². The molecule has 0 spiro atoms. The molecule has 0 bridgehead atoms. The summed E-state index contributed by atoms with van der Waals surface area (Å²) in [5.41, 5.74) is 1.72. The summed E-state index contributed by atoms with van der Waals surface area (Å²) in [6.45, 7) is 16.5. The molecule has 1 aromatic heterocycles. The molecule has 2 rings (SSSR count). The van der Waals surface area contributed by atoms with Crippen molar-refractivity contribution in [2.45, 2.75) is 67.3 Å². The van der Waals surface area contributed by atoms with Gasteiger partial charge < -0.3 is 10.6 Å². The first-order chi connectivity index (χ1) is 9.75. The van der Waals surface area contributed by atoms with E-state index in [0.717, 1.165) is 42.4 Å². The Balaban J connectivity index is 2.30. The number of nitrogens with zero attached hydrogens (tertiary/aromatic N) is 2. The fourth-order valence-corrected chi connectivity index (χ4v) is 3.07. The van der Waals surface area contributed by atoms with E-state index >= 15 is 0 Å². The van der Waals surface area contributed by atoms with Crippen LogP contribution in [0, 0.1) is 17.8 Å². The zero-order chi connectivity index (χ0) is 15.8. The van der Waals surface area contributed by atoms with Crippen molar-refractivity contribution in [2.75, 3.05) is 17.2 Å². The first-order valence-corrected chi connectivity index (χ1v) is 8.13. The van der Waals surface area contributed by atoms with Crippen LogP contribution in [0.3, 0.4) is 0 Å². The van der Waals surface area contributed by atoms with Gasteiger partial charge in [-0.2, -0.15) is 0 Å². The number of hydrogen-bond acceptors (Lipinski definition) is 4. The minimum absolute atomic E-state index is 0.299. The minimum Gasteiger partial charge on any atom is -0.370 e. The standard InChI is InChI=1S/C17H30N4/c1-8-10-12-19-13(18-9-2)11(3)14(20-12)21-15-16(4,5)17(15,6)7/h15H,8-10H2,1-7H3,(H2,18,19,20,21). The first kappa shape index (κ1) is 16.1. The molecular formula is C17H30N4. The molecular weight excluding hydrogens is 260 g/mol. The van der Waals surface area contributed by atoms with Gasteiger partial charge in [-0.05, 0) is 31.1 Å². The summed E-state index contributed by atoms with van der Waals surface area (Å²) in [5.74, 6) is 2.89. The summed E-state index contributed by atoms with van der Waals surface area (Å²) in [4.78, 5) is 9.40. The second-order valence-corrected chi connectivity index (χ2v) is 7.26. The maximum Gasteiger partial charge on any atom is 0.135 e. The highest BCUT2D eigenvalue weighted by molar-refractivity contribution is 5.59. The quantitative estimate of drug-likeness (QED) is 0.831. The van der Waals surface area contributed by atoms with E-state index in [9.17, 15) is 0 Å². The Morgan fingerprint density at radius 1 is 1.00 bits per heavy atom. The van der Waals surface area contributed by atoms with Crippen LogP contribution in [0.15, 0.2) is 0 Å². The number of hydrogen-bond donors (Lipinski definition) is 2. The number of anilines is 2. The van der Waals surface area contributed by atoms with E-state index in [1.165, 1.54) is 0 Å². The fourth-order valence-electron chi connectivity index (χ4n) is 3.07. The fraction of sp³-hybridized carbons (Fsp3) is 0.765. The molecule has 21 heavy (non-hydrogen) atoms. The molecule has 1 fully saturated rings. The number of aryl methyl sites for hydroxylation is 1. The van der Waals surface area contributed by atoms with Crippen LogP contribution in [-0.2, 0) is 6.42 Å². The van der Waals surface area contributed by atoms with Gasteiger partial charge in [-0.25, -0.2) is 9.97 Å². The maximum absolute atomic E-state index is 4.75. The van der Waals surface area contributed by atoms with E-state index in [1.807, 2.05) is 0 Å². The lowest BCUT2D eigenvalue weighted by atomic mass is 10.0. The molecule has 0 radical (unpaired) electrons. The lowest BCUT2D eigenvalue weighted by Gasteiger charge is -2.15. The Labute approximate surface area is 129 Å². The topological polar surface area (TPSA) is 49.8 Å². The van der Waals surface area contributed by atoms with E-state index in [4.69, 9.17) is 4.98 Å². The summed E-state index contributed by atoms with van der Waals surface area (Å²) in [6, 6.07) is 0.461. The van der Waals surface area contributed by atoms with Crippen LogP contribution in [0.25, 0.3) is 0 Å². The Bertz CT molecular complexity index is 506. The second-order valence-electron chi connectivity index (χ2n) is 7.26. The van der Waals surface area contributed by atoms with Gasteiger partial charge in [0, 0.05) is 24.6 Å². The van der Waals surface area contributed by atoms with Gasteiger partial charge in [0.2, 0.25) is 0 Å². The summed E-state index contributed by atoms with van der Waals surface area (Å²) < 4.78 is 0. The molecule has 0 aliphatic heterocycles. The van der Waals surface area contributed by atoms with Gasteiger partial charge in [-0.1, -0.05) is 34.6 Å². The van der Waals surface area contributed by atoms with E-state index in [0.29, 0.717) is 16.9 Å². The number of nitrogens with one attached hydrogen (secondary N) is 2. The van der Waals surface area contributed by atoms with Crippen molar-refractivity contribution in [3.8, 4) is 0 Å². The summed E-state index contributed by atoms with van der Waals surface area (Å²) in [5, 5.41) is 7.03. The van der Waals surface area contributed by atoms with Crippen molar-refractivity contribution in [1.82, 2.24) is 9.97 Å². The summed E-state index contributed by atoms with van der Waals surface area (Å²) in [7, 11) is 0. The molecule has 0 aromatic carbocycles. The van der Waals surface area contributed by atoms with E-state index < -0.39 is 0 Å². The molecule has 2 N–H and O–H groups in total. The van der Waals surface area contributed by atoms with Gasteiger partial charge in [0.1, 0.15) is 17.5 Å². The van der Waals surface area contributed by atoms with Crippen molar-refractivity contribution < 1.29 is 0 Å². The molecule has 0 unspecified atom stereocenters. The molecule has 1 aliphatic rings. The van der Waals surface area contributed by atoms with E-state index in [2.05, 4.69) is 64.1 Å². The lowest BCUT2D eigenvalue weighted by molar-refractivity contribution is 0.457. The zero-order valence-corrected chi connectivity index (χ0v) is 14.6. The van der Waals surface area contributed by atoms with E-state index in [-0.39, 0.29) is 0 Å². The van der Waals surface area contributed by atoms with Gasteiger partial charge in [-0.3, -0.25) is 0 Å².